The average molecular weight is 242 g/mol. The van der Waals surface area contributed by atoms with Gasteiger partial charge in [-0.3, -0.25) is 10.1 Å². The molecule has 0 bridgehead atoms. The van der Waals surface area contributed by atoms with Gasteiger partial charge in [0.2, 0.25) is 5.91 Å². The SMILES string of the molecule is CSC1(CN2CNC(CC(C)C)C2=O)CC1. The molecule has 1 saturated carbocycles. The molecule has 1 N–H and O–H groups in total. The molecule has 0 spiro atoms. The van der Waals surface area contributed by atoms with Gasteiger partial charge in [0.05, 0.1) is 12.7 Å². The van der Waals surface area contributed by atoms with Gasteiger partial charge in [0.1, 0.15) is 0 Å². The number of hydrogen-bond donors (Lipinski definition) is 1. The zero-order valence-electron chi connectivity index (χ0n) is 10.5. The van der Waals surface area contributed by atoms with Gasteiger partial charge >= 0.3 is 0 Å². The van der Waals surface area contributed by atoms with Crippen LogP contribution >= 0.6 is 11.8 Å². The molecule has 0 radical (unpaired) electrons. The van der Waals surface area contributed by atoms with Crippen molar-refractivity contribution in [1.29, 1.82) is 0 Å². The maximum atomic E-state index is 12.1. The first kappa shape index (κ1) is 12.2. The highest BCUT2D eigenvalue weighted by atomic mass is 32.2. The summed E-state index contributed by atoms with van der Waals surface area (Å²) >= 11 is 1.92. The molecule has 2 aliphatic rings. The molecule has 0 aromatic rings. The third-order valence-corrected chi connectivity index (χ3v) is 4.97. The summed E-state index contributed by atoms with van der Waals surface area (Å²) in [7, 11) is 0. The number of nitrogens with zero attached hydrogens (tertiary/aromatic N) is 1. The van der Waals surface area contributed by atoms with E-state index >= 15 is 0 Å². The van der Waals surface area contributed by atoms with E-state index in [1.165, 1.54) is 12.8 Å². The maximum absolute atomic E-state index is 12.1. The summed E-state index contributed by atoms with van der Waals surface area (Å²) in [6.07, 6.45) is 5.66. The molecule has 1 saturated heterocycles. The van der Waals surface area contributed by atoms with Crippen LogP contribution in [-0.2, 0) is 4.79 Å². The molecule has 92 valence electrons. The van der Waals surface area contributed by atoms with Gasteiger partial charge in [-0.1, -0.05) is 13.8 Å². The molecule has 1 heterocycles. The molecule has 1 aliphatic heterocycles. The van der Waals surface area contributed by atoms with E-state index in [0.717, 1.165) is 19.6 Å². The molecule has 1 atom stereocenters. The minimum atomic E-state index is 0.0673. The number of nitrogens with one attached hydrogen (secondary N) is 1. The van der Waals surface area contributed by atoms with Crippen molar-refractivity contribution in [2.45, 2.75) is 43.9 Å². The van der Waals surface area contributed by atoms with Crippen molar-refractivity contribution < 1.29 is 4.79 Å². The van der Waals surface area contributed by atoms with Crippen molar-refractivity contribution in [2.75, 3.05) is 19.5 Å². The first-order valence-electron chi connectivity index (χ1n) is 6.14. The molecule has 0 aromatic heterocycles. The van der Waals surface area contributed by atoms with E-state index < -0.39 is 0 Å². The van der Waals surface area contributed by atoms with E-state index in [9.17, 15) is 4.79 Å². The lowest BCUT2D eigenvalue weighted by atomic mass is 10.0. The lowest BCUT2D eigenvalue weighted by Crippen LogP contribution is -2.36. The Hall–Kier alpha value is -0.220. The van der Waals surface area contributed by atoms with E-state index in [2.05, 4.69) is 25.4 Å². The van der Waals surface area contributed by atoms with Gasteiger partial charge in [-0.25, -0.2) is 0 Å². The minimum Gasteiger partial charge on any atom is -0.327 e. The molecule has 3 nitrogen and oxygen atoms in total. The summed E-state index contributed by atoms with van der Waals surface area (Å²) in [6.45, 7) is 6.02. The van der Waals surface area contributed by atoms with E-state index in [-0.39, 0.29) is 6.04 Å². The topological polar surface area (TPSA) is 32.3 Å². The Balaban J connectivity index is 1.87. The fraction of sp³-hybridized carbons (Fsp3) is 0.917. The fourth-order valence-electron chi connectivity index (χ4n) is 2.31. The normalized spacial score (nSPS) is 27.9. The first-order valence-corrected chi connectivity index (χ1v) is 7.36. The third-order valence-electron chi connectivity index (χ3n) is 3.57. The molecule has 4 heteroatoms. The van der Waals surface area contributed by atoms with Crippen LogP contribution in [0.5, 0.6) is 0 Å². The smallest absolute Gasteiger partial charge is 0.240 e. The summed E-state index contributed by atoms with van der Waals surface area (Å²) < 4.78 is 0.393. The van der Waals surface area contributed by atoms with Gasteiger partial charge in [-0.15, -0.1) is 0 Å². The molecule has 2 fully saturated rings. The Labute approximate surface area is 102 Å². The zero-order valence-corrected chi connectivity index (χ0v) is 11.3. The number of thioether (sulfide) groups is 1. The van der Waals surface area contributed by atoms with Crippen LogP contribution in [-0.4, -0.2) is 41.1 Å². The largest absolute Gasteiger partial charge is 0.327 e. The standard InChI is InChI=1S/C12H22N2OS/c1-9(2)6-10-11(15)14(8-13-10)7-12(16-3)4-5-12/h9-10,13H,4-8H2,1-3H3. The van der Waals surface area contributed by atoms with E-state index in [0.29, 0.717) is 16.6 Å². The van der Waals surface area contributed by atoms with Crippen LogP contribution in [0, 0.1) is 5.92 Å². The Morgan fingerprint density at radius 1 is 1.56 bits per heavy atom. The third kappa shape index (κ3) is 2.54. The van der Waals surface area contributed by atoms with Crippen molar-refractivity contribution in [1.82, 2.24) is 10.2 Å². The van der Waals surface area contributed by atoms with Crippen molar-refractivity contribution in [3.8, 4) is 0 Å². The molecule has 1 aliphatic carbocycles. The van der Waals surface area contributed by atoms with Gasteiger partial charge in [0.25, 0.3) is 0 Å². The summed E-state index contributed by atoms with van der Waals surface area (Å²) in [6, 6.07) is 0.0673. The van der Waals surface area contributed by atoms with Crippen LogP contribution in [0.3, 0.4) is 0 Å². The van der Waals surface area contributed by atoms with Crippen molar-refractivity contribution in [3.63, 3.8) is 0 Å². The van der Waals surface area contributed by atoms with Crippen LogP contribution in [0.4, 0.5) is 0 Å². The highest BCUT2D eigenvalue weighted by Gasteiger charge is 2.46. The van der Waals surface area contributed by atoms with Gasteiger partial charge in [-0.2, -0.15) is 11.8 Å². The average Bonchev–Trinajstić information content (AvgIpc) is 2.94. The number of carbonyl (C=O) groups excluding carboxylic acids is 1. The predicted molar refractivity (Wildman–Crippen MR) is 68.4 cm³/mol. The molecule has 2 rings (SSSR count). The van der Waals surface area contributed by atoms with Crippen LogP contribution in [0.15, 0.2) is 0 Å². The Bertz CT molecular complexity index is 276. The first-order chi connectivity index (χ1) is 7.56. The number of rotatable bonds is 5. The second-order valence-corrected chi connectivity index (χ2v) is 6.74. The minimum absolute atomic E-state index is 0.0673. The van der Waals surface area contributed by atoms with E-state index in [1.807, 2.05) is 16.7 Å². The zero-order chi connectivity index (χ0) is 11.8. The second kappa shape index (κ2) is 4.57. The number of hydrogen-bond acceptors (Lipinski definition) is 3. The second-order valence-electron chi connectivity index (χ2n) is 5.47. The van der Waals surface area contributed by atoms with Crippen molar-refractivity contribution in [3.05, 3.63) is 0 Å². The lowest BCUT2D eigenvalue weighted by Gasteiger charge is -2.21. The fourth-order valence-corrected chi connectivity index (χ4v) is 3.10. The number of carbonyl (C=O) groups is 1. The summed E-state index contributed by atoms with van der Waals surface area (Å²) in [5.74, 6) is 0.894. The monoisotopic (exact) mass is 242 g/mol. The maximum Gasteiger partial charge on any atom is 0.240 e. The summed E-state index contributed by atoms with van der Waals surface area (Å²) in [5, 5.41) is 3.33. The van der Waals surface area contributed by atoms with Crippen molar-refractivity contribution >= 4 is 17.7 Å². The molecule has 16 heavy (non-hydrogen) atoms. The molecule has 1 amide bonds. The van der Waals surface area contributed by atoms with Gasteiger partial charge in [0.15, 0.2) is 0 Å². The predicted octanol–water partition coefficient (Wildman–Crippen LogP) is 1.69. The summed E-state index contributed by atoms with van der Waals surface area (Å²) in [4.78, 5) is 14.1. The van der Waals surface area contributed by atoms with E-state index in [4.69, 9.17) is 0 Å². The van der Waals surface area contributed by atoms with Crippen LogP contribution in [0.25, 0.3) is 0 Å². The highest BCUT2D eigenvalue weighted by Crippen LogP contribution is 2.47. The Kier molecular flexibility index (Phi) is 3.50. The quantitative estimate of drug-likeness (QED) is 0.796. The van der Waals surface area contributed by atoms with Crippen LogP contribution in [0.2, 0.25) is 0 Å². The van der Waals surface area contributed by atoms with Gasteiger partial charge in [0, 0.05) is 11.3 Å². The Morgan fingerprint density at radius 3 is 2.75 bits per heavy atom. The van der Waals surface area contributed by atoms with Crippen LogP contribution < -0.4 is 5.32 Å². The number of amides is 1. The molecule has 0 aromatic carbocycles. The summed E-state index contributed by atoms with van der Waals surface area (Å²) in [5.41, 5.74) is 0. The molecular weight excluding hydrogens is 220 g/mol. The molecular formula is C12H22N2OS. The Morgan fingerprint density at radius 2 is 2.25 bits per heavy atom. The van der Waals surface area contributed by atoms with Crippen molar-refractivity contribution in [2.24, 2.45) is 5.92 Å². The highest BCUT2D eigenvalue weighted by molar-refractivity contribution is 8.00. The molecule has 1 unspecified atom stereocenters. The van der Waals surface area contributed by atoms with Gasteiger partial charge < -0.3 is 4.90 Å². The lowest BCUT2D eigenvalue weighted by molar-refractivity contribution is -0.129. The van der Waals surface area contributed by atoms with Gasteiger partial charge in [-0.05, 0) is 31.4 Å². The van der Waals surface area contributed by atoms with Crippen LogP contribution in [0.1, 0.15) is 33.1 Å². The van der Waals surface area contributed by atoms with E-state index in [1.54, 1.807) is 0 Å².